The summed E-state index contributed by atoms with van der Waals surface area (Å²) in [5.74, 6) is 3.04. The van der Waals surface area contributed by atoms with Crippen molar-refractivity contribution >= 4 is 17.5 Å². The summed E-state index contributed by atoms with van der Waals surface area (Å²) < 4.78 is 10.7. The summed E-state index contributed by atoms with van der Waals surface area (Å²) in [6.45, 7) is 3.36. The molecule has 0 radical (unpaired) electrons. The van der Waals surface area contributed by atoms with Crippen LogP contribution >= 0.6 is 0 Å². The van der Waals surface area contributed by atoms with Gasteiger partial charge in [-0.2, -0.15) is 4.98 Å². The van der Waals surface area contributed by atoms with Crippen LogP contribution < -0.4 is 20.1 Å². The minimum atomic E-state index is 0.592. The van der Waals surface area contributed by atoms with Gasteiger partial charge in [0.05, 0.1) is 13.7 Å². The molecule has 27 heavy (non-hydrogen) atoms. The highest BCUT2D eigenvalue weighted by molar-refractivity contribution is 5.57. The number of benzene rings is 2. The molecule has 0 unspecified atom stereocenters. The van der Waals surface area contributed by atoms with E-state index in [9.17, 15) is 0 Å². The maximum atomic E-state index is 5.45. The van der Waals surface area contributed by atoms with Crippen molar-refractivity contribution < 1.29 is 9.47 Å². The van der Waals surface area contributed by atoms with Crippen molar-refractivity contribution in [2.24, 2.45) is 0 Å². The first kappa shape index (κ1) is 18.5. The lowest BCUT2D eigenvalue weighted by Gasteiger charge is -2.10. The largest absolute Gasteiger partial charge is 0.497 e. The van der Waals surface area contributed by atoms with Gasteiger partial charge in [-0.3, -0.25) is 0 Å². The Kier molecular flexibility index (Phi) is 6.46. The van der Waals surface area contributed by atoms with Gasteiger partial charge in [-0.25, -0.2) is 4.98 Å². The van der Waals surface area contributed by atoms with Crippen molar-refractivity contribution in [3.8, 4) is 11.5 Å². The average molecular weight is 364 g/mol. The molecule has 2 aromatic carbocycles. The molecule has 3 aromatic rings. The number of aromatic nitrogens is 2. The summed E-state index contributed by atoms with van der Waals surface area (Å²) in [4.78, 5) is 8.78. The van der Waals surface area contributed by atoms with Crippen molar-refractivity contribution in [3.63, 3.8) is 0 Å². The van der Waals surface area contributed by atoms with Gasteiger partial charge < -0.3 is 20.1 Å². The van der Waals surface area contributed by atoms with Gasteiger partial charge in [0, 0.05) is 18.4 Å². The Labute approximate surface area is 159 Å². The van der Waals surface area contributed by atoms with E-state index in [1.54, 1.807) is 13.3 Å². The Bertz CT molecular complexity index is 853. The Morgan fingerprint density at radius 3 is 2.63 bits per heavy atom. The van der Waals surface area contributed by atoms with E-state index >= 15 is 0 Å². The highest BCUT2D eigenvalue weighted by Gasteiger charge is 2.02. The third kappa shape index (κ3) is 5.60. The van der Waals surface area contributed by atoms with Gasteiger partial charge in [-0.1, -0.05) is 12.1 Å². The summed E-state index contributed by atoms with van der Waals surface area (Å²) >= 11 is 0. The van der Waals surface area contributed by atoms with Crippen LogP contribution in [0.4, 0.5) is 17.5 Å². The normalized spacial score (nSPS) is 10.3. The standard InChI is InChI=1S/C21H24N4O2/c1-3-27-18-9-7-17(8-10-18)24-20-12-14-23-21(25-20)22-13-11-16-5-4-6-19(15-16)26-2/h4-10,12,14-15H,3,11,13H2,1-2H3,(H2,22,23,24,25). The Hall–Kier alpha value is -3.28. The van der Waals surface area contributed by atoms with Crippen LogP contribution in [0.25, 0.3) is 0 Å². The third-order valence-electron chi connectivity index (χ3n) is 3.92. The molecule has 0 fully saturated rings. The lowest BCUT2D eigenvalue weighted by Crippen LogP contribution is -2.08. The topological polar surface area (TPSA) is 68.3 Å². The molecule has 0 saturated heterocycles. The fourth-order valence-electron chi connectivity index (χ4n) is 2.61. The molecule has 1 heterocycles. The smallest absolute Gasteiger partial charge is 0.224 e. The molecule has 0 aliphatic rings. The third-order valence-corrected chi connectivity index (χ3v) is 3.92. The lowest BCUT2D eigenvalue weighted by atomic mass is 10.1. The van der Waals surface area contributed by atoms with Crippen molar-refractivity contribution in [3.05, 3.63) is 66.4 Å². The van der Waals surface area contributed by atoms with Crippen LogP contribution in [-0.4, -0.2) is 30.2 Å². The van der Waals surface area contributed by atoms with Crippen molar-refractivity contribution in [2.45, 2.75) is 13.3 Å². The van der Waals surface area contributed by atoms with E-state index in [1.165, 1.54) is 5.56 Å². The number of nitrogens with zero attached hydrogens (tertiary/aromatic N) is 2. The van der Waals surface area contributed by atoms with Crippen LogP contribution in [0, 0.1) is 0 Å². The number of rotatable bonds is 9. The lowest BCUT2D eigenvalue weighted by molar-refractivity contribution is 0.340. The van der Waals surface area contributed by atoms with Crippen LogP contribution in [0.2, 0.25) is 0 Å². The van der Waals surface area contributed by atoms with E-state index in [0.29, 0.717) is 12.6 Å². The maximum absolute atomic E-state index is 5.45. The van der Waals surface area contributed by atoms with Crippen LogP contribution in [0.5, 0.6) is 11.5 Å². The van der Waals surface area contributed by atoms with Crippen LogP contribution in [0.15, 0.2) is 60.8 Å². The Morgan fingerprint density at radius 1 is 1.00 bits per heavy atom. The summed E-state index contributed by atoms with van der Waals surface area (Å²) in [7, 11) is 1.67. The summed E-state index contributed by atoms with van der Waals surface area (Å²) in [6.07, 6.45) is 2.59. The van der Waals surface area contributed by atoms with E-state index in [1.807, 2.05) is 55.5 Å². The minimum absolute atomic E-state index is 0.592. The van der Waals surface area contributed by atoms with E-state index < -0.39 is 0 Å². The predicted molar refractivity (Wildman–Crippen MR) is 108 cm³/mol. The van der Waals surface area contributed by atoms with Gasteiger partial charge in [0.1, 0.15) is 17.3 Å². The number of methoxy groups -OCH3 is 1. The molecule has 0 aliphatic carbocycles. The fraction of sp³-hybridized carbons (Fsp3) is 0.238. The Morgan fingerprint density at radius 2 is 1.85 bits per heavy atom. The van der Waals surface area contributed by atoms with Crippen molar-refractivity contribution in [1.82, 2.24) is 9.97 Å². The minimum Gasteiger partial charge on any atom is -0.497 e. The zero-order valence-electron chi connectivity index (χ0n) is 15.6. The summed E-state index contributed by atoms with van der Waals surface area (Å²) in [5, 5.41) is 6.53. The molecule has 0 bridgehead atoms. The molecule has 6 nitrogen and oxygen atoms in total. The van der Waals surface area contributed by atoms with Crippen molar-refractivity contribution in [1.29, 1.82) is 0 Å². The molecule has 3 rings (SSSR count). The predicted octanol–water partition coefficient (Wildman–Crippen LogP) is 4.28. The molecule has 0 atom stereocenters. The number of ether oxygens (including phenoxy) is 2. The van der Waals surface area contributed by atoms with E-state index in [0.717, 1.165) is 36.0 Å². The SMILES string of the molecule is CCOc1ccc(Nc2ccnc(NCCc3cccc(OC)c3)n2)cc1. The molecule has 6 heteroatoms. The number of hydrogen-bond acceptors (Lipinski definition) is 6. The number of hydrogen-bond donors (Lipinski definition) is 2. The number of anilines is 3. The molecule has 0 aliphatic heterocycles. The second-order valence-electron chi connectivity index (χ2n) is 5.88. The molecule has 0 spiro atoms. The second kappa shape index (κ2) is 9.43. The average Bonchev–Trinajstić information content (AvgIpc) is 2.70. The molecule has 1 aromatic heterocycles. The molecule has 2 N–H and O–H groups in total. The van der Waals surface area contributed by atoms with Gasteiger partial charge in [0.2, 0.25) is 5.95 Å². The van der Waals surface area contributed by atoms with E-state index in [2.05, 4.69) is 26.7 Å². The molecular formula is C21H24N4O2. The zero-order chi connectivity index (χ0) is 18.9. The quantitative estimate of drug-likeness (QED) is 0.591. The van der Waals surface area contributed by atoms with Gasteiger partial charge in [-0.05, 0) is 61.4 Å². The van der Waals surface area contributed by atoms with E-state index in [-0.39, 0.29) is 0 Å². The Balaban J connectivity index is 1.55. The van der Waals surface area contributed by atoms with Crippen LogP contribution in [-0.2, 0) is 6.42 Å². The first-order chi connectivity index (χ1) is 13.3. The summed E-state index contributed by atoms with van der Waals surface area (Å²) in [5.41, 5.74) is 2.14. The van der Waals surface area contributed by atoms with Crippen LogP contribution in [0.1, 0.15) is 12.5 Å². The molecule has 140 valence electrons. The monoisotopic (exact) mass is 364 g/mol. The molecule has 0 amide bonds. The number of nitrogens with one attached hydrogen (secondary N) is 2. The zero-order valence-corrected chi connectivity index (χ0v) is 15.6. The van der Waals surface area contributed by atoms with Crippen LogP contribution in [0.3, 0.4) is 0 Å². The molecule has 0 saturated carbocycles. The fourth-order valence-corrected chi connectivity index (χ4v) is 2.61. The van der Waals surface area contributed by atoms with Gasteiger partial charge in [0.15, 0.2) is 0 Å². The van der Waals surface area contributed by atoms with Gasteiger partial charge in [0.25, 0.3) is 0 Å². The highest BCUT2D eigenvalue weighted by atomic mass is 16.5. The second-order valence-corrected chi connectivity index (χ2v) is 5.88. The first-order valence-corrected chi connectivity index (χ1v) is 8.96. The maximum Gasteiger partial charge on any atom is 0.224 e. The molecular weight excluding hydrogens is 340 g/mol. The van der Waals surface area contributed by atoms with Crippen molar-refractivity contribution in [2.75, 3.05) is 30.9 Å². The van der Waals surface area contributed by atoms with E-state index in [4.69, 9.17) is 9.47 Å². The van der Waals surface area contributed by atoms with Gasteiger partial charge >= 0.3 is 0 Å². The highest BCUT2D eigenvalue weighted by Crippen LogP contribution is 2.19. The first-order valence-electron chi connectivity index (χ1n) is 8.96. The van der Waals surface area contributed by atoms with Gasteiger partial charge in [-0.15, -0.1) is 0 Å². The summed E-state index contributed by atoms with van der Waals surface area (Å²) in [6, 6.07) is 17.7.